The van der Waals surface area contributed by atoms with Crippen molar-refractivity contribution in [2.24, 2.45) is 5.92 Å². The van der Waals surface area contributed by atoms with Crippen molar-refractivity contribution in [3.63, 3.8) is 0 Å². The fourth-order valence-electron chi connectivity index (χ4n) is 5.40. The minimum Gasteiger partial charge on any atom is -0.343 e. The molecule has 2 fully saturated rings. The van der Waals surface area contributed by atoms with Gasteiger partial charge in [-0.2, -0.15) is 5.10 Å². The van der Waals surface area contributed by atoms with Crippen molar-refractivity contribution < 1.29 is 4.79 Å². The zero-order chi connectivity index (χ0) is 18.8. The van der Waals surface area contributed by atoms with E-state index in [0.29, 0.717) is 17.8 Å². The van der Waals surface area contributed by atoms with Gasteiger partial charge in [-0.05, 0) is 50.9 Å². The quantitative estimate of drug-likeness (QED) is 0.860. The summed E-state index contributed by atoms with van der Waals surface area (Å²) in [6, 6.07) is 1.18. The largest absolute Gasteiger partial charge is 0.343 e. The van der Waals surface area contributed by atoms with Crippen LogP contribution in [-0.2, 0) is 19.4 Å². The van der Waals surface area contributed by atoms with Crippen LogP contribution in [0.1, 0.15) is 86.0 Å². The number of aromatic nitrogens is 2. The molecule has 1 aromatic heterocycles. The molecule has 2 saturated carbocycles. The third-order valence-electron chi connectivity index (χ3n) is 6.94. The van der Waals surface area contributed by atoms with Crippen molar-refractivity contribution >= 4 is 5.91 Å². The number of amides is 1. The van der Waals surface area contributed by atoms with Crippen molar-refractivity contribution in [2.75, 3.05) is 14.1 Å². The van der Waals surface area contributed by atoms with E-state index in [-0.39, 0.29) is 5.91 Å². The Balaban J connectivity index is 1.54. The molecule has 0 radical (unpaired) electrons. The Kier molecular flexibility index (Phi) is 5.86. The standard InChI is InChI=1S/C22H36N4O/c1-25(2)22(27)21-19-14-18(23-17-10-6-7-11-17)12-13-20(19)26(24-21)15-16-8-4-3-5-9-16/h16-18,23H,3-15H2,1-2H3. The highest BCUT2D eigenvalue weighted by Gasteiger charge is 2.31. The van der Waals surface area contributed by atoms with Gasteiger partial charge < -0.3 is 10.2 Å². The molecule has 1 heterocycles. The van der Waals surface area contributed by atoms with E-state index in [0.717, 1.165) is 25.3 Å². The molecule has 0 bridgehead atoms. The predicted molar refractivity (Wildman–Crippen MR) is 108 cm³/mol. The number of nitrogens with one attached hydrogen (secondary N) is 1. The number of rotatable bonds is 5. The number of carbonyl (C=O) groups is 1. The number of hydrogen-bond acceptors (Lipinski definition) is 3. The van der Waals surface area contributed by atoms with Crippen LogP contribution in [0.15, 0.2) is 0 Å². The highest BCUT2D eigenvalue weighted by Crippen LogP contribution is 2.30. The molecule has 4 rings (SSSR count). The van der Waals surface area contributed by atoms with Gasteiger partial charge in [0.2, 0.25) is 0 Å². The van der Waals surface area contributed by atoms with Crippen molar-refractivity contribution in [1.29, 1.82) is 0 Å². The van der Waals surface area contributed by atoms with Crippen molar-refractivity contribution in [2.45, 2.75) is 95.7 Å². The summed E-state index contributed by atoms with van der Waals surface area (Å²) in [7, 11) is 3.68. The molecule has 1 aromatic rings. The molecule has 150 valence electrons. The molecule has 0 aromatic carbocycles. The zero-order valence-electron chi connectivity index (χ0n) is 17.2. The number of nitrogens with zero attached hydrogens (tertiary/aromatic N) is 3. The van der Waals surface area contributed by atoms with Gasteiger partial charge in [0.25, 0.3) is 5.91 Å². The number of hydrogen-bond donors (Lipinski definition) is 1. The van der Waals surface area contributed by atoms with Crippen LogP contribution in [0.3, 0.4) is 0 Å². The van der Waals surface area contributed by atoms with Crippen molar-refractivity contribution in [1.82, 2.24) is 20.0 Å². The normalized spacial score (nSPS) is 24.1. The molecule has 1 atom stereocenters. The minimum absolute atomic E-state index is 0.0650. The third kappa shape index (κ3) is 4.23. The van der Waals surface area contributed by atoms with Gasteiger partial charge in [0.05, 0.1) is 0 Å². The number of carbonyl (C=O) groups excluding carboxylic acids is 1. The Hall–Kier alpha value is -1.36. The van der Waals surface area contributed by atoms with E-state index in [2.05, 4.69) is 10.00 Å². The van der Waals surface area contributed by atoms with E-state index >= 15 is 0 Å². The smallest absolute Gasteiger partial charge is 0.274 e. The highest BCUT2D eigenvalue weighted by molar-refractivity contribution is 5.93. The van der Waals surface area contributed by atoms with E-state index in [1.807, 2.05) is 14.1 Å². The molecule has 5 heteroatoms. The average molecular weight is 373 g/mol. The Labute approximate surface area is 163 Å². The fraction of sp³-hybridized carbons (Fsp3) is 0.818. The maximum absolute atomic E-state index is 12.8. The van der Waals surface area contributed by atoms with Gasteiger partial charge >= 0.3 is 0 Å². The first-order valence-corrected chi connectivity index (χ1v) is 11.2. The summed E-state index contributed by atoms with van der Waals surface area (Å²) < 4.78 is 2.22. The van der Waals surface area contributed by atoms with Gasteiger partial charge in [-0.3, -0.25) is 9.48 Å². The molecule has 3 aliphatic carbocycles. The maximum Gasteiger partial charge on any atom is 0.274 e. The Bertz CT molecular complexity index is 654. The molecular formula is C22H36N4O. The Morgan fingerprint density at radius 2 is 1.74 bits per heavy atom. The molecule has 3 aliphatic rings. The van der Waals surface area contributed by atoms with Crippen LogP contribution in [0.25, 0.3) is 0 Å². The molecule has 1 N–H and O–H groups in total. The first-order chi connectivity index (χ1) is 13.1. The number of fused-ring (bicyclic) bond motifs is 1. The van der Waals surface area contributed by atoms with Crippen LogP contribution in [-0.4, -0.2) is 46.8 Å². The lowest BCUT2D eigenvalue weighted by Crippen LogP contribution is -2.41. The Morgan fingerprint density at radius 1 is 1.04 bits per heavy atom. The first-order valence-electron chi connectivity index (χ1n) is 11.2. The zero-order valence-corrected chi connectivity index (χ0v) is 17.2. The molecule has 0 spiro atoms. The molecule has 0 saturated heterocycles. The summed E-state index contributed by atoms with van der Waals surface area (Å²) in [6.07, 6.45) is 15.3. The molecule has 0 aliphatic heterocycles. The van der Waals surface area contributed by atoms with E-state index in [1.54, 1.807) is 4.90 Å². The van der Waals surface area contributed by atoms with Gasteiger partial charge in [0.1, 0.15) is 0 Å². The van der Waals surface area contributed by atoms with Crippen LogP contribution in [0, 0.1) is 5.92 Å². The van der Waals surface area contributed by atoms with E-state index in [9.17, 15) is 4.79 Å². The van der Waals surface area contributed by atoms with E-state index in [4.69, 9.17) is 5.10 Å². The van der Waals surface area contributed by atoms with Gasteiger partial charge in [0, 0.05) is 44.0 Å². The van der Waals surface area contributed by atoms with Crippen LogP contribution in [0.2, 0.25) is 0 Å². The topological polar surface area (TPSA) is 50.2 Å². The fourth-order valence-corrected chi connectivity index (χ4v) is 5.40. The maximum atomic E-state index is 12.8. The summed E-state index contributed by atoms with van der Waals surface area (Å²) in [5, 5.41) is 8.75. The van der Waals surface area contributed by atoms with Crippen LogP contribution in [0.4, 0.5) is 0 Å². The second-order valence-corrected chi connectivity index (χ2v) is 9.25. The van der Waals surface area contributed by atoms with Crippen molar-refractivity contribution in [3.05, 3.63) is 17.0 Å². The monoisotopic (exact) mass is 372 g/mol. The minimum atomic E-state index is 0.0650. The summed E-state index contributed by atoms with van der Waals surface area (Å²) in [6.45, 7) is 1.00. The molecule has 5 nitrogen and oxygen atoms in total. The SMILES string of the molecule is CN(C)C(=O)c1nn(CC2CCCCC2)c2c1CC(NC1CCCC1)CC2. The van der Waals surface area contributed by atoms with Gasteiger partial charge in [-0.1, -0.05) is 32.1 Å². The molecular weight excluding hydrogens is 336 g/mol. The third-order valence-corrected chi connectivity index (χ3v) is 6.94. The van der Waals surface area contributed by atoms with Gasteiger partial charge in [-0.25, -0.2) is 0 Å². The summed E-state index contributed by atoms with van der Waals surface area (Å²) >= 11 is 0. The lowest BCUT2D eigenvalue weighted by molar-refractivity contribution is 0.0819. The second-order valence-electron chi connectivity index (χ2n) is 9.25. The second kappa shape index (κ2) is 8.34. The highest BCUT2D eigenvalue weighted by atomic mass is 16.2. The summed E-state index contributed by atoms with van der Waals surface area (Å²) in [4.78, 5) is 14.5. The van der Waals surface area contributed by atoms with Crippen molar-refractivity contribution in [3.8, 4) is 0 Å². The molecule has 27 heavy (non-hydrogen) atoms. The van der Waals surface area contributed by atoms with E-state index in [1.165, 1.54) is 75.5 Å². The predicted octanol–water partition coefficient (Wildman–Crippen LogP) is 3.55. The first kappa shape index (κ1) is 19.0. The summed E-state index contributed by atoms with van der Waals surface area (Å²) in [5.74, 6) is 0.801. The van der Waals surface area contributed by atoms with E-state index < -0.39 is 0 Å². The van der Waals surface area contributed by atoms with Crippen LogP contribution in [0.5, 0.6) is 0 Å². The lowest BCUT2D eigenvalue weighted by atomic mass is 9.88. The van der Waals surface area contributed by atoms with Crippen LogP contribution < -0.4 is 5.32 Å². The van der Waals surface area contributed by atoms with Crippen LogP contribution >= 0.6 is 0 Å². The van der Waals surface area contributed by atoms with Gasteiger partial charge in [0.15, 0.2) is 5.69 Å². The van der Waals surface area contributed by atoms with Gasteiger partial charge in [-0.15, -0.1) is 0 Å². The molecule has 1 amide bonds. The Morgan fingerprint density at radius 3 is 2.44 bits per heavy atom. The molecule has 1 unspecified atom stereocenters. The summed E-state index contributed by atoms with van der Waals surface area (Å²) in [5.41, 5.74) is 3.28. The lowest BCUT2D eigenvalue weighted by Gasteiger charge is -2.28. The average Bonchev–Trinajstić information content (AvgIpc) is 3.30.